The van der Waals surface area contributed by atoms with Gasteiger partial charge in [-0.05, 0) is 122 Å². The fraction of sp³-hybridized carbons (Fsp3) is 0.730. The minimum Gasteiger partial charge on any atom is -0.462 e. The lowest BCUT2D eigenvalue weighted by molar-refractivity contribution is -0.167. The topological polar surface area (TPSA) is 78.9 Å². The van der Waals surface area contributed by atoms with Gasteiger partial charge in [0.25, 0.3) is 0 Å². The van der Waals surface area contributed by atoms with E-state index in [0.29, 0.717) is 19.3 Å². The molecule has 0 bridgehead atoms. The van der Waals surface area contributed by atoms with E-state index >= 15 is 0 Å². The molecular formula is C63H108O6. The van der Waals surface area contributed by atoms with Gasteiger partial charge >= 0.3 is 17.9 Å². The molecule has 0 N–H and O–H groups in total. The molecule has 0 radical (unpaired) electrons. The highest BCUT2D eigenvalue weighted by molar-refractivity contribution is 5.71. The van der Waals surface area contributed by atoms with E-state index < -0.39 is 6.10 Å². The van der Waals surface area contributed by atoms with Crippen LogP contribution in [0.3, 0.4) is 0 Å². The summed E-state index contributed by atoms with van der Waals surface area (Å²) in [7, 11) is 0. The number of unbranched alkanes of at least 4 members (excludes halogenated alkanes) is 27. The van der Waals surface area contributed by atoms with Crippen LogP contribution in [0.15, 0.2) is 85.1 Å². The Morgan fingerprint density at radius 3 is 0.870 bits per heavy atom. The van der Waals surface area contributed by atoms with Gasteiger partial charge in [-0.15, -0.1) is 0 Å². The van der Waals surface area contributed by atoms with E-state index in [1.54, 1.807) is 0 Å². The molecule has 0 aliphatic rings. The van der Waals surface area contributed by atoms with Crippen LogP contribution in [0.5, 0.6) is 0 Å². The van der Waals surface area contributed by atoms with E-state index in [1.165, 1.54) is 141 Å². The van der Waals surface area contributed by atoms with E-state index in [1.807, 2.05) is 0 Å². The monoisotopic (exact) mass is 961 g/mol. The van der Waals surface area contributed by atoms with Crippen molar-refractivity contribution < 1.29 is 28.6 Å². The Kier molecular flexibility index (Phi) is 54.3. The molecule has 0 rings (SSSR count). The zero-order valence-electron chi connectivity index (χ0n) is 45.3. The van der Waals surface area contributed by atoms with E-state index in [0.717, 1.165) is 96.3 Å². The molecular weight excluding hydrogens is 853 g/mol. The second-order valence-corrected chi connectivity index (χ2v) is 19.2. The molecule has 0 heterocycles. The van der Waals surface area contributed by atoms with Crippen LogP contribution in [-0.4, -0.2) is 37.2 Å². The number of ether oxygens (including phenoxy) is 3. The van der Waals surface area contributed by atoms with Gasteiger partial charge in [0.15, 0.2) is 6.10 Å². The van der Waals surface area contributed by atoms with Crippen molar-refractivity contribution in [2.75, 3.05) is 13.2 Å². The highest BCUT2D eigenvalue weighted by Crippen LogP contribution is 2.14. The predicted molar refractivity (Wildman–Crippen MR) is 297 cm³/mol. The van der Waals surface area contributed by atoms with Gasteiger partial charge in [-0.25, -0.2) is 0 Å². The van der Waals surface area contributed by atoms with Crippen molar-refractivity contribution in [3.8, 4) is 0 Å². The standard InChI is InChI=1S/C63H108O6/c1-4-7-10-13-16-19-22-25-28-30-31-33-35-38-41-44-47-50-53-56-62(65)68-59-60(58-67-61(64)55-52-49-46-43-40-37-34-27-24-21-18-15-12-9-6-3)69-63(66)57-54-51-48-45-42-39-36-32-29-26-23-20-17-14-11-8-5-2/h16-17,19-21,24-26,28-29,31,33,38,41,60H,4-15,18,22-23,27,30,32,34-37,39-40,42-59H2,1-3H3/b19-16+,20-17+,24-21+,28-25+,29-26+,33-31+,41-38+/t60-/m1/s1. The SMILES string of the molecule is CCCCC/C=C/C/C=C/C/C=C/C/C=C/CCCCCC(=O)OC[C@@H](COC(=O)CCCCCCCCC/C=C/CCCCCC)OC(=O)CCCCCCCCC/C=C/C/C=C/CCCCC. The number of allylic oxidation sites excluding steroid dienone is 14. The van der Waals surface area contributed by atoms with Crippen molar-refractivity contribution in [3.05, 3.63) is 85.1 Å². The summed E-state index contributed by atoms with van der Waals surface area (Å²) in [5.41, 5.74) is 0. The van der Waals surface area contributed by atoms with Gasteiger partial charge in [0, 0.05) is 19.3 Å². The zero-order valence-corrected chi connectivity index (χ0v) is 45.3. The lowest BCUT2D eigenvalue weighted by atomic mass is 10.1. The summed E-state index contributed by atoms with van der Waals surface area (Å²) in [5.74, 6) is -0.931. The third-order valence-electron chi connectivity index (χ3n) is 12.3. The Morgan fingerprint density at radius 2 is 0.522 bits per heavy atom. The lowest BCUT2D eigenvalue weighted by Gasteiger charge is -2.18. The first-order chi connectivity index (χ1) is 34.0. The van der Waals surface area contributed by atoms with Crippen LogP contribution < -0.4 is 0 Å². The van der Waals surface area contributed by atoms with Crippen LogP contribution in [0.4, 0.5) is 0 Å². The molecule has 0 aliphatic carbocycles. The maximum absolute atomic E-state index is 12.9. The summed E-state index contributed by atoms with van der Waals surface area (Å²) in [5, 5.41) is 0. The van der Waals surface area contributed by atoms with Crippen molar-refractivity contribution in [2.45, 2.75) is 284 Å². The molecule has 69 heavy (non-hydrogen) atoms. The molecule has 0 spiro atoms. The molecule has 0 fully saturated rings. The number of hydrogen-bond donors (Lipinski definition) is 0. The highest BCUT2D eigenvalue weighted by atomic mass is 16.6. The van der Waals surface area contributed by atoms with E-state index in [9.17, 15) is 14.4 Å². The van der Waals surface area contributed by atoms with Crippen molar-refractivity contribution >= 4 is 17.9 Å². The van der Waals surface area contributed by atoms with Gasteiger partial charge in [0.2, 0.25) is 0 Å². The van der Waals surface area contributed by atoms with Gasteiger partial charge in [0.05, 0.1) is 0 Å². The van der Waals surface area contributed by atoms with Crippen LogP contribution in [0.1, 0.15) is 278 Å². The second-order valence-electron chi connectivity index (χ2n) is 19.2. The number of carbonyl (C=O) groups is 3. The number of carbonyl (C=O) groups excluding carboxylic acids is 3. The third kappa shape index (κ3) is 55.4. The Balaban J connectivity index is 4.46. The Hall–Kier alpha value is -3.41. The normalized spacial score (nSPS) is 12.7. The zero-order chi connectivity index (χ0) is 50.0. The molecule has 0 saturated heterocycles. The summed E-state index contributed by atoms with van der Waals surface area (Å²) in [6.45, 7) is 6.55. The fourth-order valence-corrected chi connectivity index (χ4v) is 7.92. The maximum Gasteiger partial charge on any atom is 0.306 e. The van der Waals surface area contributed by atoms with Gasteiger partial charge in [-0.2, -0.15) is 0 Å². The molecule has 6 nitrogen and oxygen atoms in total. The summed E-state index contributed by atoms with van der Waals surface area (Å²) < 4.78 is 16.8. The largest absolute Gasteiger partial charge is 0.462 e. The quantitative estimate of drug-likeness (QED) is 0.0262. The molecule has 0 aromatic heterocycles. The average molecular weight is 962 g/mol. The molecule has 6 heteroatoms. The summed E-state index contributed by atoms with van der Waals surface area (Å²) >= 11 is 0. The van der Waals surface area contributed by atoms with Crippen molar-refractivity contribution in [1.29, 1.82) is 0 Å². The number of hydrogen-bond acceptors (Lipinski definition) is 6. The Labute approximate surface area is 426 Å². The first kappa shape index (κ1) is 65.6. The van der Waals surface area contributed by atoms with Gasteiger partial charge in [-0.3, -0.25) is 14.4 Å². The first-order valence-corrected chi connectivity index (χ1v) is 29.1. The molecule has 0 aromatic carbocycles. The van der Waals surface area contributed by atoms with E-state index in [4.69, 9.17) is 14.2 Å². The van der Waals surface area contributed by atoms with Gasteiger partial charge in [0.1, 0.15) is 13.2 Å². The number of esters is 3. The number of rotatable bonds is 52. The molecule has 0 amide bonds. The Morgan fingerprint density at radius 1 is 0.290 bits per heavy atom. The van der Waals surface area contributed by atoms with Gasteiger partial charge < -0.3 is 14.2 Å². The minimum absolute atomic E-state index is 0.0922. The second kappa shape index (κ2) is 57.2. The summed E-state index contributed by atoms with van der Waals surface area (Å²) in [4.78, 5) is 38.2. The van der Waals surface area contributed by atoms with Crippen LogP contribution in [0, 0.1) is 0 Å². The summed E-state index contributed by atoms with van der Waals surface area (Å²) in [6.07, 6.45) is 74.2. The molecule has 396 valence electrons. The molecule has 1 atom stereocenters. The predicted octanol–water partition coefficient (Wildman–Crippen LogP) is 19.5. The lowest BCUT2D eigenvalue weighted by Crippen LogP contribution is -2.30. The smallest absolute Gasteiger partial charge is 0.306 e. The minimum atomic E-state index is -0.797. The van der Waals surface area contributed by atoms with Crippen LogP contribution in [0.25, 0.3) is 0 Å². The third-order valence-corrected chi connectivity index (χ3v) is 12.3. The molecule has 0 aromatic rings. The van der Waals surface area contributed by atoms with Crippen LogP contribution >= 0.6 is 0 Å². The highest BCUT2D eigenvalue weighted by Gasteiger charge is 2.19. The molecule has 0 saturated carbocycles. The van der Waals surface area contributed by atoms with Crippen molar-refractivity contribution in [1.82, 2.24) is 0 Å². The van der Waals surface area contributed by atoms with E-state index in [2.05, 4.69) is 106 Å². The van der Waals surface area contributed by atoms with Crippen molar-refractivity contribution in [3.63, 3.8) is 0 Å². The Bertz CT molecular complexity index is 1330. The first-order valence-electron chi connectivity index (χ1n) is 29.1. The van der Waals surface area contributed by atoms with Crippen LogP contribution in [-0.2, 0) is 28.6 Å². The fourth-order valence-electron chi connectivity index (χ4n) is 7.92. The van der Waals surface area contributed by atoms with Gasteiger partial charge in [-0.1, -0.05) is 221 Å². The molecule has 0 unspecified atom stereocenters. The summed E-state index contributed by atoms with van der Waals surface area (Å²) in [6, 6.07) is 0. The molecule has 0 aliphatic heterocycles. The maximum atomic E-state index is 12.9. The van der Waals surface area contributed by atoms with Crippen molar-refractivity contribution in [2.24, 2.45) is 0 Å². The average Bonchev–Trinajstić information content (AvgIpc) is 3.35. The van der Waals surface area contributed by atoms with E-state index in [-0.39, 0.29) is 31.1 Å². The van der Waals surface area contributed by atoms with Crippen LogP contribution in [0.2, 0.25) is 0 Å².